The van der Waals surface area contributed by atoms with Crippen LogP contribution in [0.2, 0.25) is 10.0 Å². The Morgan fingerprint density at radius 3 is 1.45 bits per heavy atom. The average Bonchev–Trinajstić information content (AvgIpc) is 3.24. The number of hydrogen-bond donors (Lipinski definition) is 1. The highest BCUT2D eigenvalue weighted by Gasteiger charge is 2.34. The lowest BCUT2D eigenvalue weighted by Crippen LogP contribution is -2.17. The van der Waals surface area contributed by atoms with Gasteiger partial charge in [-0.25, -0.2) is 9.59 Å². The Bertz CT molecular complexity index is 2970. The molecule has 0 fully saturated rings. The van der Waals surface area contributed by atoms with Crippen LogP contribution in [0.3, 0.4) is 0 Å². The van der Waals surface area contributed by atoms with Crippen molar-refractivity contribution in [3.05, 3.63) is 137 Å². The van der Waals surface area contributed by atoms with Gasteiger partial charge in [0.2, 0.25) is 6.49 Å². The molecule has 6 aromatic rings. The van der Waals surface area contributed by atoms with Crippen LogP contribution < -0.4 is 15.8 Å². The normalized spacial score (nSPS) is 13.3. The minimum Gasteiger partial charge on any atom is -0.507 e. The maximum absolute atomic E-state index is 13.2. The highest BCUT2D eigenvalue weighted by molar-refractivity contribution is 8.24. The van der Waals surface area contributed by atoms with Crippen LogP contribution in [0, 0.1) is 41.5 Å². The number of aryl methyl sites for hydroxylation is 2. The summed E-state index contributed by atoms with van der Waals surface area (Å²) in [5, 5.41) is 11.3. The second-order valence-electron chi connectivity index (χ2n) is 14.7. The van der Waals surface area contributed by atoms with Gasteiger partial charge in [-0.2, -0.15) is 26.3 Å². The third-order valence-electron chi connectivity index (χ3n) is 9.48. The number of alkyl halides is 6. The molecule has 0 saturated heterocycles. The lowest BCUT2D eigenvalue weighted by Gasteiger charge is -2.24. The van der Waals surface area contributed by atoms with Crippen molar-refractivity contribution in [2.24, 2.45) is 0 Å². The molecule has 360 valence electrons. The summed E-state index contributed by atoms with van der Waals surface area (Å²) in [5.41, 5.74) is 1.71. The van der Waals surface area contributed by atoms with Crippen LogP contribution in [0.4, 0.5) is 26.3 Å². The lowest BCUT2D eigenvalue weighted by atomic mass is 9.96. The summed E-state index contributed by atoms with van der Waals surface area (Å²) in [4.78, 5) is 34.2. The molecule has 67 heavy (non-hydrogen) atoms. The fraction of sp³-hybridized carbons (Fsp3) is 0.273. The molecule has 0 aliphatic rings. The second kappa shape index (κ2) is 22.6. The standard InChI is InChI=1S/C22H20ClF3NO4PS.C19H16ClNO3.C3H5ClF3OPS/c1-12-8-9-15(23)17(13(12)2)18-20(31-32(4,33)29-11-22(24,25)26)14(3)19(30-21(18)28)16-7-5-6-10-27-16;1-10-7-8-13(20)15(11(10)2)16-17(22)12(3)18(24-19(16)23)14-6-4-5-9-21-14;1-9(4,10)8-2-3(5,6)7/h5-10H,11H2,1-4H3;4-9,22H,1-3H3;2H2,1H3. The zero-order valence-electron chi connectivity index (χ0n) is 36.7. The maximum Gasteiger partial charge on any atom is 0.412 e. The Morgan fingerprint density at radius 1 is 0.627 bits per heavy atom. The van der Waals surface area contributed by atoms with E-state index >= 15 is 0 Å². The molecular weight excluding hydrogens is 1030 g/mol. The van der Waals surface area contributed by atoms with Crippen molar-refractivity contribution in [3.63, 3.8) is 0 Å². The van der Waals surface area contributed by atoms with Gasteiger partial charge in [0.05, 0.1) is 0 Å². The number of halogens is 9. The van der Waals surface area contributed by atoms with Gasteiger partial charge in [0.15, 0.2) is 18.1 Å². The Kier molecular flexibility index (Phi) is 18.7. The number of benzene rings is 2. The Morgan fingerprint density at radius 2 is 1.04 bits per heavy atom. The monoisotopic (exact) mass is 1070 g/mol. The molecule has 0 radical (unpaired) electrons. The zero-order valence-corrected chi connectivity index (χ0v) is 42.3. The first-order valence-electron chi connectivity index (χ1n) is 19.3. The molecule has 2 atom stereocenters. The van der Waals surface area contributed by atoms with Crippen LogP contribution in [0.5, 0.6) is 11.5 Å². The molecule has 4 aromatic heterocycles. The van der Waals surface area contributed by atoms with Crippen molar-refractivity contribution < 1.29 is 53.9 Å². The first-order chi connectivity index (χ1) is 30.9. The molecule has 4 heterocycles. The quantitative estimate of drug-likeness (QED) is 0.103. The van der Waals surface area contributed by atoms with Crippen molar-refractivity contribution in [1.29, 1.82) is 0 Å². The molecule has 0 aliphatic heterocycles. The SMILES string of the molecule is CP(=S)(Cl)OCC(F)(F)F.Cc1ccc(Cl)c(-c2c(O)c(C)c(-c3ccccn3)oc2=O)c1C.Cc1ccc(Cl)c(-c2c(OP(C)(=S)OCC(F)(F)F)c(C)c(-c3ccccn3)oc2=O)c1C. The van der Waals surface area contributed by atoms with E-state index in [1.165, 1.54) is 19.5 Å². The summed E-state index contributed by atoms with van der Waals surface area (Å²) < 4.78 is 98.4. The van der Waals surface area contributed by atoms with E-state index in [0.29, 0.717) is 44.2 Å². The summed E-state index contributed by atoms with van der Waals surface area (Å²) in [7, 11) is 0. The van der Waals surface area contributed by atoms with E-state index in [1.807, 2.05) is 26.8 Å². The first kappa shape index (κ1) is 55.5. The van der Waals surface area contributed by atoms with Gasteiger partial charge in [0, 0.05) is 58.0 Å². The van der Waals surface area contributed by atoms with E-state index in [-0.39, 0.29) is 39.2 Å². The molecule has 2 aromatic carbocycles. The topological polar surface area (TPSA) is 134 Å². The number of hydrogen-bond acceptors (Lipinski definition) is 12. The maximum atomic E-state index is 13.2. The van der Waals surface area contributed by atoms with Gasteiger partial charge in [-0.1, -0.05) is 70.5 Å². The second-order valence-corrected chi connectivity index (χ2v) is 25.8. The number of pyridine rings is 2. The number of nitrogens with zero attached hydrogens (tertiary/aromatic N) is 2. The fourth-order valence-corrected chi connectivity index (χ4v) is 8.65. The Hall–Kier alpha value is -4.09. The highest BCUT2D eigenvalue weighted by atomic mass is 35.7. The Labute approximate surface area is 406 Å². The van der Waals surface area contributed by atoms with Gasteiger partial charge in [0.1, 0.15) is 46.2 Å². The average molecular weight is 1070 g/mol. The smallest absolute Gasteiger partial charge is 0.412 e. The summed E-state index contributed by atoms with van der Waals surface area (Å²) in [5.74, 6) is 0.174. The minimum absolute atomic E-state index is 0.0370. The summed E-state index contributed by atoms with van der Waals surface area (Å²) in [6.07, 6.45) is -5.82. The third-order valence-corrected chi connectivity index (χ3v) is 13.0. The number of aromatic nitrogens is 2. The van der Waals surface area contributed by atoms with Gasteiger partial charge in [0.25, 0.3) is 0 Å². The van der Waals surface area contributed by atoms with Crippen molar-refractivity contribution in [3.8, 4) is 56.7 Å². The number of aromatic hydroxyl groups is 1. The van der Waals surface area contributed by atoms with Gasteiger partial charge in [-0.15, -0.1) is 0 Å². The molecule has 0 spiro atoms. The largest absolute Gasteiger partial charge is 0.507 e. The van der Waals surface area contributed by atoms with E-state index in [4.69, 9.17) is 64.1 Å². The fourth-order valence-electron chi connectivity index (χ4n) is 6.00. The van der Waals surface area contributed by atoms with Gasteiger partial charge in [-0.05, 0) is 112 Å². The van der Waals surface area contributed by atoms with Crippen molar-refractivity contribution >= 4 is 70.2 Å². The van der Waals surface area contributed by atoms with Crippen LogP contribution >= 0.6 is 46.6 Å². The predicted octanol–water partition coefficient (Wildman–Crippen LogP) is 14.2. The van der Waals surface area contributed by atoms with Gasteiger partial charge < -0.3 is 27.5 Å². The molecule has 2 unspecified atom stereocenters. The molecule has 0 aliphatic carbocycles. The predicted molar refractivity (Wildman–Crippen MR) is 258 cm³/mol. The third kappa shape index (κ3) is 15.2. The highest BCUT2D eigenvalue weighted by Crippen LogP contribution is 2.52. The van der Waals surface area contributed by atoms with E-state index < -0.39 is 48.9 Å². The zero-order chi connectivity index (χ0) is 50.4. The molecule has 10 nitrogen and oxygen atoms in total. The van der Waals surface area contributed by atoms with E-state index in [1.54, 1.807) is 81.6 Å². The minimum atomic E-state index is -4.59. The summed E-state index contributed by atoms with van der Waals surface area (Å²) in [6, 6.07) is 17.3. The Balaban J connectivity index is 0.000000251. The van der Waals surface area contributed by atoms with Crippen molar-refractivity contribution in [2.75, 3.05) is 26.5 Å². The molecule has 0 saturated carbocycles. The van der Waals surface area contributed by atoms with Crippen molar-refractivity contribution in [2.45, 2.75) is 53.9 Å². The molecule has 1 N–H and O–H groups in total. The van der Waals surface area contributed by atoms with Gasteiger partial charge in [-0.3, -0.25) is 9.97 Å². The van der Waals surface area contributed by atoms with Crippen LogP contribution in [-0.2, 0) is 32.7 Å². The van der Waals surface area contributed by atoms with Crippen LogP contribution in [-0.4, -0.2) is 54.0 Å². The van der Waals surface area contributed by atoms with E-state index in [9.17, 15) is 41.0 Å². The van der Waals surface area contributed by atoms with E-state index in [0.717, 1.165) is 16.7 Å². The summed E-state index contributed by atoms with van der Waals surface area (Å²) in [6.45, 7) is 6.78. The molecule has 23 heteroatoms. The molecule has 0 bridgehead atoms. The number of rotatable bonds is 10. The van der Waals surface area contributed by atoms with Crippen LogP contribution in [0.25, 0.3) is 45.2 Å². The van der Waals surface area contributed by atoms with Gasteiger partial charge >= 0.3 is 23.6 Å². The molecule has 0 amide bonds. The molecular formula is C44H41Cl3F6N2O8P2S2. The molecule has 6 rings (SSSR count). The van der Waals surface area contributed by atoms with Crippen LogP contribution in [0.15, 0.2) is 91.5 Å². The van der Waals surface area contributed by atoms with Crippen molar-refractivity contribution in [1.82, 2.24) is 9.97 Å². The lowest BCUT2D eigenvalue weighted by molar-refractivity contribution is -0.153. The van der Waals surface area contributed by atoms with Crippen LogP contribution in [0.1, 0.15) is 33.4 Å². The van der Waals surface area contributed by atoms with E-state index in [2.05, 4.69) is 26.3 Å². The summed E-state index contributed by atoms with van der Waals surface area (Å²) >= 11 is 27.6. The first-order valence-corrected chi connectivity index (χ1v) is 27.2.